The highest BCUT2D eigenvalue weighted by Gasteiger charge is 2.28. The van der Waals surface area contributed by atoms with E-state index in [1.54, 1.807) is 0 Å². The Morgan fingerprint density at radius 2 is 0.613 bits per heavy atom. The third-order valence-electron chi connectivity index (χ3n) is 19.1. The summed E-state index contributed by atoms with van der Waals surface area (Å²) in [6.07, 6.45) is 53.7. The van der Waals surface area contributed by atoms with Crippen LogP contribution >= 0.6 is 15.6 Å². The first-order valence-electron chi connectivity index (χ1n) is 43.9. The van der Waals surface area contributed by atoms with E-state index in [0.717, 1.165) is 154 Å². The maximum atomic E-state index is 13.3. The van der Waals surface area contributed by atoms with Crippen LogP contribution in [0.25, 0.3) is 0 Å². The molecular formula is C85H158N4O20P2. The number of esters is 2. The molecule has 0 rings (SSSR count). The van der Waals surface area contributed by atoms with Gasteiger partial charge in [0.1, 0.15) is 30.2 Å². The Balaban J connectivity index is 5.66. The Hall–Kier alpha value is -4.22. The molecule has 648 valence electrons. The number of nitrogens with one attached hydrogen (secondary N) is 4. The molecule has 0 spiro atoms. The molecule has 0 aromatic rings. The largest absolute Gasteiger partial charge is 0.472 e. The summed E-state index contributed by atoms with van der Waals surface area (Å²) >= 11 is 0. The highest BCUT2D eigenvalue weighted by Crippen LogP contribution is 2.44. The van der Waals surface area contributed by atoms with Crippen LogP contribution < -0.4 is 21.3 Å². The average Bonchev–Trinajstić information content (AvgIpc) is 0.911. The lowest BCUT2D eigenvalue weighted by molar-refractivity contribution is -0.151. The molecule has 0 radical (unpaired) electrons. The van der Waals surface area contributed by atoms with E-state index in [4.69, 9.17) is 37.0 Å². The maximum Gasteiger partial charge on any atom is 0.472 e. The van der Waals surface area contributed by atoms with Crippen LogP contribution in [0.5, 0.6) is 0 Å². The summed E-state index contributed by atoms with van der Waals surface area (Å²) in [5.74, 6) is -3.82. The number of ketones is 2. The van der Waals surface area contributed by atoms with Crippen molar-refractivity contribution >= 4 is 62.8 Å². The maximum absolute atomic E-state index is 13.3. The third-order valence-corrected chi connectivity index (χ3v) is 21.0. The number of rotatable bonds is 84. The van der Waals surface area contributed by atoms with Crippen molar-refractivity contribution in [3.8, 4) is 0 Å². The number of hydrogen-bond donors (Lipinski definition) is 6. The molecule has 0 saturated heterocycles. The van der Waals surface area contributed by atoms with Crippen LogP contribution in [0.3, 0.4) is 0 Å². The Morgan fingerprint density at radius 3 is 0.946 bits per heavy atom. The van der Waals surface area contributed by atoms with Gasteiger partial charge in [0.25, 0.3) is 0 Å². The zero-order valence-electron chi connectivity index (χ0n) is 70.3. The zero-order chi connectivity index (χ0) is 81.8. The fourth-order valence-corrected chi connectivity index (χ4v) is 14.0. The van der Waals surface area contributed by atoms with Gasteiger partial charge in [-0.1, -0.05) is 258 Å². The number of unbranched alkanes of at least 4 members (excludes halogenated alkanes) is 34. The van der Waals surface area contributed by atoms with E-state index in [2.05, 4.69) is 87.1 Å². The highest BCUT2D eigenvalue weighted by atomic mass is 31.2. The molecule has 24 nitrogen and oxygen atoms in total. The first-order chi connectivity index (χ1) is 53.7. The lowest BCUT2D eigenvalue weighted by Crippen LogP contribution is -2.42. The monoisotopic (exact) mass is 1620 g/mol. The molecule has 0 aliphatic carbocycles. The van der Waals surface area contributed by atoms with Crippen molar-refractivity contribution in [2.24, 2.45) is 0 Å². The van der Waals surface area contributed by atoms with E-state index in [1.165, 1.54) is 89.9 Å². The van der Waals surface area contributed by atoms with Crippen molar-refractivity contribution in [3.05, 3.63) is 24.3 Å². The predicted molar refractivity (Wildman–Crippen MR) is 442 cm³/mol. The number of phosphoric ester groups is 2. The molecule has 0 bridgehead atoms. The van der Waals surface area contributed by atoms with E-state index in [0.29, 0.717) is 64.2 Å². The molecule has 0 heterocycles. The van der Waals surface area contributed by atoms with Gasteiger partial charge in [0.15, 0.2) is 0 Å². The number of allylic oxidation sites excluding steroid dienone is 4. The van der Waals surface area contributed by atoms with Crippen molar-refractivity contribution in [2.75, 3.05) is 65.9 Å². The number of carbonyl (C=O) groups is 8. The second-order valence-corrected chi connectivity index (χ2v) is 32.9. The standard InChI is InChI=1S/C85H158N4O20P2/c1-7-13-19-25-29-33-37-43-47-53-76(90)67-82(94)88-74(70-102-63-59-78(55-49-41-23-17-11-5)108-84(96)57-51-45-39-35-31-27-21-15-9-3)72-106-110(98,99)104-65-61-86-80(92)69-81(93)87-62-66-105-111(100,101)107-73-75(89-83(95)68-77(91)54-48-44-38-34-30-26-20-14-8-2)71-103-64-60-79(56-50-42-24-18-12-6)109-85(97)58-52-46-40-36-32-28-22-16-10-4/h35-36,39-40,74-75,78-79H,7-34,37-38,41-73H2,1-6H3,(H,86,92)(H,87,93)(H,88,94)(H,89,95)(H,98,99)(H,100,101)/t74?,75?,78-,79-/m1/s1. The minimum atomic E-state index is -4.83. The SMILES string of the molecule is CCCCCCC=CCCCC(=O)O[C@H](CCCCCCC)CCOCC(COP(=O)(O)OCCNC(=O)CC(=O)NCCOP(=O)(O)OCC(COCC[C@@H](CCCCCCC)OC(=O)CCCC=CCCCCCC)NC(=O)CC(=O)CCCCCCCCCCC)NC(=O)CC(=O)CCCCCCCCCCC. The van der Waals surface area contributed by atoms with Gasteiger partial charge in [-0.2, -0.15) is 0 Å². The predicted octanol–water partition coefficient (Wildman–Crippen LogP) is 19.4. The van der Waals surface area contributed by atoms with Crippen molar-refractivity contribution in [2.45, 2.75) is 406 Å². The normalized spacial score (nSPS) is 13.8. The molecule has 4 amide bonds. The van der Waals surface area contributed by atoms with Gasteiger partial charge in [0, 0.05) is 51.6 Å². The highest BCUT2D eigenvalue weighted by molar-refractivity contribution is 7.47. The zero-order valence-corrected chi connectivity index (χ0v) is 72.1. The Morgan fingerprint density at radius 1 is 0.315 bits per heavy atom. The summed E-state index contributed by atoms with van der Waals surface area (Å²) in [6, 6.07) is -2.00. The molecule has 0 fully saturated rings. The quantitative estimate of drug-likeness (QED) is 0.0108. The topological polar surface area (TPSA) is 333 Å². The molecule has 111 heavy (non-hydrogen) atoms. The van der Waals surface area contributed by atoms with E-state index in [-0.39, 0.29) is 75.9 Å². The van der Waals surface area contributed by atoms with E-state index < -0.39 is 109 Å². The Kier molecular flexibility index (Phi) is 74.1. The lowest BCUT2D eigenvalue weighted by Gasteiger charge is -2.22. The second kappa shape index (κ2) is 77.0. The summed E-state index contributed by atoms with van der Waals surface area (Å²) in [5, 5.41) is 10.2. The van der Waals surface area contributed by atoms with Gasteiger partial charge in [-0.15, -0.1) is 0 Å². The van der Waals surface area contributed by atoms with Crippen LogP contribution in [0.1, 0.15) is 382 Å². The summed E-state index contributed by atoms with van der Waals surface area (Å²) in [4.78, 5) is 125. The molecular weight excluding hydrogens is 1460 g/mol. The molecule has 4 unspecified atom stereocenters. The molecule has 0 aliphatic rings. The van der Waals surface area contributed by atoms with Gasteiger partial charge in [0.05, 0.1) is 77.8 Å². The minimum Gasteiger partial charge on any atom is -0.462 e. The molecule has 0 aromatic heterocycles. The summed E-state index contributed by atoms with van der Waals surface area (Å²) in [7, 11) is -9.66. The first-order valence-corrected chi connectivity index (χ1v) is 46.9. The van der Waals surface area contributed by atoms with Crippen LogP contribution in [-0.4, -0.2) is 147 Å². The lowest BCUT2D eigenvalue weighted by atomic mass is 10.0. The van der Waals surface area contributed by atoms with Gasteiger partial charge >= 0.3 is 27.6 Å². The van der Waals surface area contributed by atoms with Gasteiger partial charge < -0.3 is 50.0 Å². The van der Waals surface area contributed by atoms with Crippen molar-refractivity contribution in [1.82, 2.24) is 21.3 Å². The van der Waals surface area contributed by atoms with Crippen molar-refractivity contribution in [1.29, 1.82) is 0 Å². The Labute approximate surface area is 671 Å². The first kappa shape index (κ1) is 107. The fourth-order valence-electron chi connectivity index (χ4n) is 12.5. The third kappa shape index (κ3) is 74.4. The number of Topliss-reactive ketones (excluding diaryl/α,β-unsaturated/α-hetero) is 2. The smallest absolute Gasteiger partial charge is 0.462 e. The number of hydrogen-bond acceptors (Lipinski definition) is 18. The molecule has 0 aliphatic heterocycles. The van der Waals surface area contributed by atoms with Gasteiger partial charge in [-0.05, 0) is 89.9 Å². The van der Waals surface area contributed by atoms with Crippen molar-refractivity contribution < 1.29 is 94.3 Å². The number of phosphoric acid groups is 2. The van der Waals surface area contributed by atoms with Crippen LogP contribution in [0.4, 0.5) is 0 Å². The fraction of sp³-hybridized carbons (Fsp3) is 0.859. The number of ether oxygens (including phenoxy) is 4. The summed E-state index contributed by atoms with van der Waals surface area (Å²) in [5.41, 5.74) is 0. The molecule has 6 N–H and O–H groups in total. The van der Waals surface area contributed by atoms with E-state index >= 15 is 0 Å². The Bertz CT molecular complexity index is 2330. The van der Waals surface area contributed by atoms with Crippen molar-refractivity contribution in [3.63, 3.8) is 0 Å². The molecule has 26 heteroatoms. The number of carbonyl (C=O) groups excluding carboxylic acids is 8. The average molecular weight is 1620 g/mol. The van der Waals surface area contributed by atoms with Crippen LogP contribution in [0.2, 0.25) is 0 Å². The molecule has 0 aromatic carbocycles. The molecule has 6 atom stereocenters. The van der Waals surface area contributed by atoms with Gasteiger partial charge in [-0.3, -0.25) is 56.5 Å². The minimum absolute atomic E-state index is 0.130. The van der Waals surface area contributed by atoms with Crippen LogP contribution in [0.15, 0.2) is 24.3 Å². The summed E-state index contributed by atoms with van der Waals surface area (Å²) < 4.78 is 71.0. The van der Waals surface area contributed by atoms with Crippen LogP contribution in [-0.2, 0) is 84.5 Å². The second-order valence-electron chi connectivity index (χ2n) is 30.0. The van der Waals surface area contributed by atoms with E-state index in [1.807, 2.05) is 0 Å². The van der Waals surface area contributed by atoms with Gasteiger partial charge in [0.2, 0.25) is 23.6 Å². The van der Waals surface area contributed by atoms with Gasteiger partial charge in [-0.25, -0.2) is 9.13 Å². The van der Waals surface area contributed by atoms with Crippen LogP contribution in [0, 0.1) is 0 Å². The number of amides is 4. The molecule has 0 saturated carbocycles. The van der Waals surface area contributed by atoms with E-state index in [9.17, 15) is 57.3 Å². The summed E-state index contributed by atoms with van der Waals surface area (Å²) in [6.45, 7) is 10.1.